The molecule has 110 valence electrons. The van der Waals surface area contributed by atoms with Crippen LogP contribution in [0.2, 0.25) is 0 Å². The van der Waals surface area contributed by atoms with Crippen LogP contribution in [-0.4, -0.2) is 18.2 Å². The third-order valence-corrected chi connectivity index (χ3v) is 4.32. The van der Waals surface area contributed by atoms with E-state index in [0.29, 0.717) is 16.8 Å². The molecule has 1 aromatic heterocycles. The van der Waals surface area contributed by atoms with Crippen molar-refractivity contribution in [2.24, 2.45) is 5.73 Å². The lowest BCUT2D eigenvalue weighted by atomic mass is 10.1. The molecule has 4 nitrogen and oxygen atoms in total. The second-order valence-corrected chi connectivity index (χ2v) is 5.72. The summed E-state index contributed by atoms with van der Waals surface area (Å²) in [5, 5.41) is 5.60. The van der Waals surface area contributed by atoms with E-state index in [0.717, 1.165) is 10.1 Å². The number of carbonyl (C=O) groups excluding carboxylic acids is 2. The second-order valence-electron chi connectivity index (χ2n) is 4.81. The summed E-state index contributed by atoms with van der Waals surface area (Å²) in [7, 11) is 0. The van der Waals surface area contributed by atoms with E-state index in [1.165, 1.54) is 11.3 Å². The van der Waals surface area contributed by atoms with Gasteiger partial charge in [-0.25, -0.2) is 0 Å². The summed E-state index contributed by atoms with van der Waals surface area (Å²) in [5.41, 5.74) is 7.07. The Morgan fingerprint density at radius 2 is 1.91 bits per heavy atom. The molecule has 2 aromatic carbocycles. The number of fused-ring (bicyclic) bond motifs is 1. The monoisotopic (exact) mass is 310 g/mol. The zero-order valence-corrected chi connectivity index (χ0v) is 12.5. The van der Waals surface area contributed by atoms with E-state index < -0.39 is 0 Å². The maximum atomic E-state index is 12.4. The highest BCUT2D eigenvalue weighted by molar-refractivity contribution is 7.17. The summed E-state index contributed by atoms with van der Waals surface area (Å²) in [4.78, 5) is 24.0. The minimum absolute atomic E-state index is 0.0490. The standard InChI is InChI=1S/C17H14N2O2S/c18-9-15(20)11-4-3-5-12(8-11)19-17(21)14-10-22-16-7-2-1-6-13(14)16/h1-8,10H,9,18H2,(H,19,21). The molecular formula is C17H14N2O2S. The van der Waals surface area contributed by atoms with E-state index in [9.17, 15) is 9.59 Å². The quantitative estimate of drug-likeness (QED) is 0.726. The van der Waals surface area contributed by atoms with Crippen LogP contribution in [0, 0.1) is 0 Å². The van der Waals surface area contributed by atoms with Gasteiger partial charge in [-0.2, -0.15) is 0 Å². The topological polar surface area (TPSA) is 72.2 Å². The Morgan fingerprint density at radius 1 is 1.09 bits per heavy atom. The van der Waals surface area contributed by atoms with Crippen molar-refractivity contribution >= 4 is 38.8 Å². The summed E-state index contributed by atoms with van der Waals surface area (Å²) in [6.07, 6.45) is 0. The molecule has 3 rings (SSSR count). The van der Waals surface area contributed by atoms with Crippen LogP contribution in [0.4, 0.5) is 5.69 Å². The molecule has 0 unspecified atom stereocenters. The maximum absolute atomic E-state index is 12.4. The van der Waals surface area contributed by atoms with Crippen molar-refractivity contribution in [2.45, 2.75) is 0 Å². The lowest BCUT2D eigenvalue weighted by Gasteiger charge is -2.06. The van der Waals surface area contributed by atoms with Crippen molar-refractivity contribution in [2.75, 3.05) is 11.9 Å². The molecule has 0 aliphatic heterocycles. The lowest BCUT2D eigenvalue weighted by molar-refractivity contribution is 0.0997. The molecule has 0 radical (unpaired) electrons. The van der Waals surface area contributed by atoms with Gasteiger partial charge in [0.2, 0.25) is 0 Å². The van der Waals surface area contributed by atoms with Crippen LogP contribution in [0.15, 0.2) is 53.9 Å². The maximum Gasteiger partial charge on any atom is 0.257 e. The fraction of sp³-hybridized carbons (Fsp3) is 0.0588. The Kier molecular flexibility index (Phi) is 4.00. The molecule has 0 atom stereocenters. The zero-order valence-electron chi connectivity index (χ0n) is 11.7. The molecule has 0 aliphatic rings. The number of carbonyl (C=O) groups is 2. The molecule has 22 heavy (non-hydrogen) atoms. The van der Waals surface area contributed by atoms with Crippen molar-refractivity contribution in [3.8, 4) is 0 Å². The molecule has 1 amide bonds. The average Bonchev–Trinajstić information content (AvgIpc) is 2.98. The number of anilines is 1. The highest BCUT2D eigenvalue weighted by Crippen LogP contribution is 2.26. The van der Waals surface area contributed by atoms with Crippen molar-refractivity contribution < 1.29 is 9.59 Å². The summed E-state index contributed by atoms with van der Waals surface area (Å²) in [6.45, 7) is -0.0490. The van der Waals surface area contributed by atoms with Gasteiger partial charge in [-0.1, -0.05) is 30.3 Å². The van der Waals surface area contributed by atoms with Gasteiger partial charge in [-0.3, -0.25) is 9.59 Å². The van der Waals surface area contributed by atoms with E-state index in [-0.39, 0.29) is 18.2 Å². The van der Waals surface area contributed by atoms with Crippen LogP contribution in [0.1, 0.15) is 20.7 Å². The third kappa shape index (κ3) is 2.77. The first-order chi connectivity index (χ1) is 10.7. The van der Waals surface area contributed by atoms with Crippen molar-refractivity contribution in [1.82, 2.24) is 0 Å². The number of hydrogen-bond donors (Lipinski definition) is 2. The highest BCUT2D eigenvalue weighted by atomic mass is 32.1. The number of ketones is 1. The minimum Gasteiger partial charge on any atom is -0.324 e. The number of thiophene rings is 1. The number of amides is 1. The first-order valence-corrected chi connectivity index (χ1v) is 7.68. The Balaban J connectivity index is 1.87. The average molecular weight is 310 g/mol. The third-order valence-electron chi connectivity index (χ3n) is 3.35. The molecule has 0 fully saturated rings. The molecule has 0 spiro atoms. The molecule has 3 N–H and O–H groups in total. The van der Waals surface area contributed by atoms with Crippen molar-refractivity contribution in [3.05, 3.63) is 65.0 Å². The van der Waals surface area contributed by atoms with E-state index in [4.69, 9.17) is 5.73 Å². The Bertz CT molecular complexity index is 854. The SMILES string of the molecule is NCC(=O)c1cccc(NC(=O)c2csc3ccccc23)c1. The molecule has 1 heterocycles. The van der Waals surface area contributed by atoms with Crippen LogP contribution in [-0.2, 0) is 0 Å². The molecule has 3 aromatic rings. The summed E-state index contributed by atoms with van der Waals surface area (Å²) in [6, 6.07) is 14.6. The van der Waals surface area contributed by atoms with Crippen molar-refractivity contribution in [3.63, 3.8) is 0 Å². The van der Waals surface area contributed by atoms with Gasteiger partial charge in [0.05, 0.1) is 12.1 Å². The Labute approximate surface area is 131 Å². The van der Waals surface area contributed by atoms with Gasteiger partial charge >= 0.3 is 0 Å². The molecule has 0 aliphatic carbocycles. The molecule has 5 heteroatoms. The highest BCUT2D eigenvalue weighted by Gasteiger charge is 2.12. The zero-order chi connectivity index (χ0) is 15.5. The molecule has 0 saturated carbocycles. The van der Waals surface area contributed by atoms with E-state index in [1.807, 2.05) is 29.6 Å². The normalized spacial score (nSPS) is 10.6. The molecule has 0 bridgehead atoms. The number of nitrogens with two attached hydrogens (primary N) is 1. The molecule has 0 saturated heterocycles. The first kappa shape index (κ1) is 14.4. The predicted octanol–water partition coefficient (Wildman–Crippen LogP) is 3.30. The largest absolute Gasteiger partial charge is 0.324 e. The minimum atomic E-state index is -0.185. The number of nitrogens with one attached hydrogen (secondary N) is 1. The Morgan fingerprint density at radius 3 is 2.73 bits per heavy atom. The summed E-state index contributed by atoms with van der Waals surface area (Å²) < 4.78 is 1.07. The predicted molar refractivity (Wildman–Crippen MR) is 89.6 cm³/mol. The van der Waals surface area contributed by atoms with Crippen LogP contribution in [0.3, 0.4) is 0 Å². The van der Waals surface area contributed by atoms with E-state index in [2.05, 4.69) is 5.32 Å². The van der Waals surface area contributed by atoms with Gasteiger partial charge in [0.1, 0.15) is 0 Å². The van der Waals surface area contributed by atoms with Crippen molar-refractivity contribution in [1.29, 1.82) is 0 Å². The van der Waals surface area contributed by atoms with Crippen LogP contribution in [0.25, 0.3) is 10.1 Å². The smallest absolute Gasteiger partial charge is 0.257 e. The number of Topliss-reactive ketones (excluding diaryl/α,β-unsaturated/α-hetero) is 1. The van der Waals surface area contributed by atoms with Crippen LogP contribution in [0.5, 0.6) is 0 Å². The molecular weight excluding hydrogens is 296 g/mol. The van der Waals surface area contributed by atoms with Crippen LogP contribution >= 0.6 is 11.3 Å². The van der Waals surface area contributed by atoms with Gasteiger partial charge in [0.15, 0.2) is 5.78 Å². The van der Waals surface area contributed by atoms with Gasteiger partial charge in [-0.15, -0.1) is 11.3 Å². The number of hydrogen-bond acceptors (Lipinski definition) is 4. The van der Waals surface area contributed by atoms with Crippen LogP contribution < -0.4 is 11.1 Å². The number of rotatable bonds is 4. The fourth-order valence-electron chi connectivity index (χ4n) is 2.24. The van der Waals surface area contributed by atoms with Gasteiger partial charge in [-0.05, 0) is 18.2 Å². The number of benzene rings is 2. The lowest BCUT2D eigenvalue weighted by Crippen LogP contribution is -2.15. The van der Waals surface area contributed by atoms with E-state index in [1.54, 1.807) is 24.3 Å². The van der Waals surface area contributed by atoms with Gasteiger partial charge < -0.3 is 11.1 Å². The van der Waals surface area contributed by atoms with E-state index >= 15 is 0 Å². The van der Waals surface area contributed by atoms with Gasteiger partial charge in [0, 0.05) is 26.7 Å². The second kappa shape index (κ2) is 6.09. The first-order valence-electron chi connectivity index (χ1n) is 6.80. The Hall–Kier alpha value is -2.50. The fourth-order valence-corrected chi connectivity index (χ4v) is 3.18. The summed E-state index contributed by atoms with van der Waals surface area (Å²) >= 11 is 1.53. The van der Waals surface area contributed by atoms with Gasteiger partial charge in [0.25, 0.3) is 5.91 Å². The summed E-state index contributed by atoms with van der Waals surface area (Å²) in [5.74, 6) is -0.341.